The van der Waals surface area contributed by atoms with Gasteiger partial charge in [0.15, 0.2) is 30.0 Å². The van der Waals surface area contributed by atoms with Crippen molar-refractivity contribution in [3.05, 3.63) is 48.0 Å². The zero-order valence-electron chi connectivity index (χ0n) is 19.7. The molecule has 1 atom stereocenters. The van der Waals surface area contributed by atoms with Gasteiger partial charge in [-0.05, 0) is 30.7 Å². The molecule has 10 heteroatoms. The van der Waals surface area contributed by atoms with E-state index in [1.165, 1.54) is 26.4 Å². The quantitative estimate of drug-likeness (QED) is 0.271. The molecule has 0 saturated carbocycles. The number of hydrogen-bond acceptors (Lipinski definition) is 9. The highest BCUT2D eigenvalue weighted by Crippen LogP contribution is 2.40. The van der Waals surface area contributed by atoms with Gasteiger partial charge in [-0.2, -0.15) is 4.98 Å². The molecule has 2 aromatic carbocycles. The van der Waals surface area contributed by atoms with Gasteiger partial charge in [0.1, 0.15) is 0 Å². The maximum atomic E-state index is 10.9. The van der Waals surface area contributed by atoms with Gasteiger partial charge in [-0.3, -0.25) is 0 Å². The molecule has 3 aromatic rings. The molecule has 0 saturated heterocycles. The van der Waals surface area contributed by atoms with Gasteiger partial charge in [0, 0.05) is 22.6 Å². The summed E-state index contributed by atoms with van der Waals surface area (Å²) < 4.78 is 17.1. The third-order valence-electron chi connectivity index (χ3n) is 5.40. The number of aromatic nitrogens is 3. The number of aliphatic carboxylic acids is 1. The Morgan fingerprint density at radius 2 is 2.00 bits per heavy atom. The SMILES string of the molecule is CCCCCCSc1nnc2c(n1)O[C@@H](c1ccc(OCC(=O)O)c(OC)c1)Nc1ccccc1-2. The van der Waals surface area contributed by atoms with Crippen molar-refractivity contribution < 1.29 is 24.1 Å². The minimum Gasteiger partial charge on any atom is -0.493 e. The van der Waals surface area contributed by atoms with Gasteiger partial charge in [0.25, 0.3) is 0 Å². The number of benzene rings is 2. The molecular weight excluding hydrogens is 468 g/mol. The third-order valence-corrected chi connectivity index (χ3v) is 6.33. The summed E-state index contributed by atoms with van der Waals surface area (Å²) in [6, 6.07) is 13.0. The van der Waals surface area contributed by atoms with E-state index in [0.717, 1.165) is 29.0 Å². The fraction of sp³-hybridized carbons (Fsp3) is 0.360. The smallest absolute Gasteiger partial charge is 0.341 e. The van der Waals surface area contributed by atoms with Crippen LogP contribution in [0.1, 0.15) is 44.4 Å². The number of carboxylic acids is 1. The van der Waals surface area contributed by atoms with E-state index in [0.29, 0.717) is 28.2 Å². The molecule has 0 fully saturated rings. The van der Waals surface area contributed by atoms with E-state index in [1.807, 2.05) is 24.3 Å². The Hall–Kier alpha value is -3.53. The van der Waals surface area contributed by atoms with E-state index in [4.69, 9.17) is 19.3 Å². The van der Waals surface area contributed by atoms with Crippen molar-refractivity contribution in [3.63, 3.8) is 0 Å². The number of ether oxygens (including phenoxy) is 3. The van der Waals surface area contributed by atoms with Crippen LogP contribution in [0.15, 0.2) is 47.6 Å². The molecule has 2 heterocycles. The first-order valence-electron chi connectivity index (χ1n) is 11.5. The molecule has 4 rings (SSSR count). The van der Waals surface area contributed by atoms with Crippen LogP contribution in [0.5, 0.6) is 17.4 Å². The van der Waals surface area contributed by atoms with Crippen LogP contribution in [0.3, 0.4) is 0 Å². The van der Waals surface area contributed by atoms with Crippen LogP contribution >= 0.6 is 11.8 Å². The Morgan fingerprint density at radius 3 is 2.80 bits per heavy atom. The first-order valence-corrected chi connectivity index (χ1v) is 12.5. The molecule has 0 spiro atoms. The number of fused-ring (bicyclic) bond motifs is 3. The summed E-state index contributed by atoms with van der Waals surface area (Å²) in [6.45, 7) is 1.73. The first kappa shape index (κ1) is 24.6. The number of unbranched alkanes of at least 4 members (excludes halogenated alkanes) is 3. The molecule has 2 N–H and O–H groups in total. The van der Waals surface area contributed by atoms with Crippen LogP contribution in [0, 0.1) is 0 Å². The van der Waals surface area contributed by atoms with Gasteiger partial charge in [0.05, 0.1) is 7.11 Å². The fourth-order valence-electron chi connectivity index (χ4n) is 3.66. The number of hydrogen-bond donors (Lipinski definition) is 2. The molecular formula is C25H28N4O5S. The van der Waals surface area contributed by atoms with Crippen molar-refractivity contribution >= 4 is 23.4 Å². The number of nitrogens with one attached hydrogen (secondary N) is 1. The number of thioether (sulfide) groups is 1. The first-order chi connectivity index (χ1) is 17.1. The molecule has 0 unspecified atom stereocenters. The zero-order valence-corrected chi connectivity index (χ0v) is 20.5. The second kappa shape index (κ2) is 11.7. The van der Waals surface area contributed by atoms with E-state index >= 15 is 0 Å². The van der Waals surface area contributed by atoms with Crippen molar-refractivity contribution in [3.8, 4) is 28.6 Å². The van der Waals surface area contributed by atoms with Gasteiger partial charge in [0.2, 0.25) is 11.0 Å². The second-order valence-electron chi connectivity index (χ2n) is 7.94. The monoisotopic (exact) mass is 496 g/mol. The molecule has 0 amide bonds. The lowest BCUT2D eigenvalue weighted by molar-refractivity contribution is -0.139. The second-order valence-corrected chi connectivity index (χ2v) is 9.00. The lowest BCUT2D eigenvalue weighted by Gasteiger charge is -2.20. The van der Waals surface area contributed by atoms with Gasteiger partial charge < -0.3 is 24.6 Å². The minimum absolute atomic E-state index is 0.332. The van der Waals surface area contributed by atoms with Crippen molar-refractivity contribution in [2.75, 3.05) is 24.8 Å². The number of para-hydroxylation sites is 1. The minimum atomic E-state index is -1.07. The highest BCUT2D eigenvalue weighted by Gasteiger charge is 2.27. The van der Waals surface area contributed by atoms with E-state index in [1.54, 1.807) is 30.0 Å². The van der Waals surface area contributed by atoms with Crippen molar-refractivity contribution in [1.82, 2.24) is 15.2 Å². The average molecular weight is 497 g/mol. The number of carbonyl (C=O) groups is 1. The largest absolute Gasteiger partial charge is 0.493 e. The number of rotatable bonds is 11. The van der Waals surface area contributed by atoms with Crippen molar-refractivity contribution in [2.45, 2.75) is 44.0 Å². The molecule has 35 heavy (non-hydrogen) atoms. The van der Waals surface area contributed by atoms with E-state index in [9.17, 15) is 4.79 Å². The summed E-state index contributed by atoms with van der Waals surface area (Å²) in [6.07, 6.45) is 4.11. The Balaban J connectivity index is 1.62. The van der Waals surface area contributed by atoms with Crippen LogP contribution in [-0.4, -0.2) is 45.7 Å². The zero-order chi connectivity index (χ0) is 24.6. The summed E-state index contributed by atoms with van der Waals surface area (Å²) in [4.78, 5) is 15.6. The van der Waals surface area contributed by atoms with Gasteiger partial charge in [-0.1, -0.05) is 56.1 Å². The molecule has 1 aliphatic heterocycles. The van der Waals surface area contributed by atoms with Crippen molar-refractivity contribution in [2.24, 2.45) is 0 Å². The fourth-order valence-corrected chi connectivity index (χ4v) is 4.43. The lowest BCUT2D eigenvalue weighted by atomic mass is 10.1. The third kappa shape index (κ3) is 6.13. The molecule has 184 valence electrons. The molecule has 0 radical (unpaired) electrons. The topological polar surface area (TPSA) is 116 Å². The van der Waals surface area contributed by atoms with Crippen LogP contribution < -0.4 is 19.5 Å². The summed E-state index contributed by atoms with van der Waals surface area (Å²) >= 11 is 1.58. The Labute approximate surface area is 208 Å². The summed E-state index contributed by atoms with van der Waals surface area (Å²) in [7, 11) is 1.50. The Kier molecular flexibility index (Phi) is 8.25. The predicted molar refractivity (Wildman–Crippen MR) is 133 cm³/mol. The summed E-state index contributed by atoms with van der Waals surface area (Å²) in [5, 5.41) is 21.7. The average Bonchev–Trinajstić information content (AvgIpc) is 3.03. The Morgan fingerprint density at radius 1 is 1.14 bits per heavy atom. The number of anilines is 1. The molecule has 0 aliphatic carbocycles. The van der Waals surface area contributed by atoms with Crippen LogP contribution in [0.4, 0.5) is 5.69 Å². The van der Waals surface area contributed by atoms with Gasteiger partial charge in [-0.15, -0.1) is 10.2 Å². The van der Waals surface area contributed by atoms with Crippen molar-refractivity contribution in [1.29, 1.82) is 0 Å². The predicted octanol–water partition coefficient (Wildman–Crippen LogP) is 5.19. The highest BCUT2D eigenvalue weighted by atomic mass is 32.2. The van der Waals surface area contributed by atoms with Gasteiger partial charge >= 0.3 is 5.97 Å². The van der Waals surface area contributed by atoms with Gasteiger partial charge in [-0.25, -0.2) is 4.79 Å². The molecule has 9 nitrogen and oxygen atoms in total. The number of nitrogens with zero attached hydrogens (tertiary/aromatic N) is 3. The highest BCUT2D eigenvalue weighted by molar-refractivity contribution is 7.99. The van der Waals surface area contributed by atoms with E-state index < -0.39 is 18.8 Å². The maximum absolute atomic E-state index is 10.9. The molecule has 1 aromatic heterocycles. The number of carboxylic acid groups (broad SMARTS) is 1. The van der Waals surface area contributed by atoms with Crippen LogP contribution in [0.2, 0.25) is 0 Å². The van der Waals surface area contributed by atoms with Crippen LogP contribution in [-0.2, 0) is 4.79 Å². The van der Waals surface area contributed by atoms with E-state index in [2.05, 4.69) is 27.4 Å². The summed E-state index contributed by atoms with van der Waals surface area (Å²) in [5.41, 5.74) is 2.99. The maximum Gasteiger partial charge on any atom is 0.341 e. The normalized spacial score (nSPS) is 14.1. The van der Waals surface area contributed by atoms with E-state index in [-0.39, 0.29) is 0 Å². The standard InChI is InChI=1S/C25H28N4O5S/c1-3-4-5-8-13-35-25-27-24-22(28-29-25)17-9-6-7-10-18(17)26-23(34-24)16-11-12-19(20(14-16)32-2)33-15-21(30)31/h6-7,9-12,14,23,26H,3-5,8,13,15H2,1-2H3,(H,30,31)/t23-/m0/s1. The van der Waals surface area contributed by atoms with Crippen LogP contribution in [0.25, 0.3) is 11.3 Å². The molecule has 1 aliphatic rings. The molecule has 0 bridgehead atoms. The lowest BCUT2D eigenvalue weighted by Crippen LogP contribution is -2.17. The Bertz CT molecular complexity index is 1180. The number of methoxy groups -OCH3 is 1. The summed E-state index contributed by atoms with van der Waals surface area (Å²) in [5.74, 6) is 0.983.